The summed E-state index contributed by atoms with van der Waals surface area (Å²) < 4.78 is 0.972. The smallest absolute Gasteiger partial charge is 0.317 e. The summed E-state index contributed by atoms with van der Waals surface area (Å²) in [6.45, 7) is 4.48. The van der Waals surface area contributed by atoms with Crippen molar-refractivity contribution < 1.29 is 14.7 Å². The third kappa shape index (κ3) is 4.83. The molecule has 19 heavy (non-hydrogen) atoms. The lowest BCUT2D eigenvalue weighted by Crippen LogP contribution is -2.45. The van der Waals surface area contributed by atoms with Gasteiger partial charge in [-0.3, -0.25) is 4.79 Å². The minimum Gasteiger partial charge on any atom is -0.481 e. The molecule has 0 radical (unpaired) electrons. The molecule has 0 fully saturated rings. The van der Waals surface area contributed by atoms with Crippen LogP contribution in [-0.2, 0) is 11.3 Å². The Morgan fingerprint density at radius 1 is 1.58 bits per heavy atom. The predicted octanol–water partition coefficient (Wildman–Crippen LogP) is 2.91. The van der Waals surface area contributed by atoms with Crippen molar-refractivity contribution >= 4 is 39.3 Å². The highest BCUT2D eigenvalue weighted by Gasteiger charge is 2.20. The van der Waals surface area contributed by atoms with Crippen LogP contribution in [0.25, 0.3) is 0 Å². The molecule has 1 aromatic heterocycles. The van der Waals surface area contributed by atoms with E-state index in [1.54, 1.807) is 18.3 Å². The largest absolute Gasteiger partial charge is 0.481 e. The first-order valence-electron chi connectivity index (χ1n) is 5.93. The van der Waals surface area contributed by atoms with Gasteiger partial charge in [0.2, 0.25) is 0 Å². The van der Waals surface area contributed by atoms with Crippen molar-refractivity contribution in [2.45, 2.75) is 32.9 Å². The van der Waals surface area contributed by atoms with Crippen LogP contribution in [0.5, 0.6) is 0 Å². The Hall–Kier alpha value is -1.08. The number of aliphatic carboxylic acids is 1. The van der Waals surface area contributed by atoms with Gasteiger partial charge in [0.25, 0.3) is 0 Å². The van der Waals surface area contributed by atoms with Crippen molar-refractivity contribution in [1.82, 2.24) is 10.2 Å². The molecule has 0 saturated heterocycles. The van der Waals surface area contributed by atoms with E-state index in [-0.39, 0.29) is 18.5 Å². The summed E-state index contributed by atoms with van der Waals surface area (Å²) in [6, 6.07) is 1.36. The van der Waals surface area contributed by atoms with Crippen LogP contribution < -0.4 is 5.32 Å². The van der Waals surface area contributed by atoms with Crippen LogP contribution in [0, 0.1) is 0 Å². The number of nitrogens with zero attached hydrogens (tertiary/aromatic N) is 1. The van der Waals surface area contributed by atoms with Crippen LogP contribution in [0.3, 0.4) is 0 Å². The Labute approximate surface area is 124 Å². The first kappa shape index (κ1) is 16.0. The highest BCUT2D eigenvalue weighted by Crippen LogP contribution is 2.22. The van der Waals surface area contributed by atoms with Gasteiger partial charge in [0, 0.05) is 21.9 Å². The third-order valence-corrected chi connectivity index (χ3v) is 4.62. The van der Waals surface area contributed by atoms with Gasteiger partial charge in [0.15, 0.2) is 0 Å². The van der Waals surface area contributed by atoms with Gasteiger partial charge in [0.05, 0.1) is 13.0 Å². The second-order valence-electron chi connectivity index (χ2n) is 4.08. The summed E-state index contributed by atoms with van der Waals surface area (Å²) in [5.74, 6) is -0.903. The van der Waals surface area contributed by atoms with Crippen molar-refractivity contribution in [3.8, 4) is 0 Å². The Balaban J connectivity index is 2.54. The fourth-order valence-electron chi connectivity index (χ4n) is 1.73. The number of amides is 2. The van der Waals surface area contributed by atoms with Crippen molar-refractivity contribution in [1.29, 1.82) is 0 Å². The summed E-state index contributed by atoms with van der Waals surface area (Å²) in [4.78, 5) is 25.3. The summed E-state index contributed by atoms with van der Waals surface area (Å²) in [6.07, 6.45) is -0.0516. The van der Waals surface area contributed by atoms with Gasteiger partial charge in [-0.2, -0.15) is 0 Å². The highest BCUT2D eigenvalue weighted by molar-refractivity contribution is 9.10. The molecule has 0 aliphatic carbocycles. The van der Waals surface area contributed by atoms with Gasteiger partial charge in [-0.05, 0) is 41.2 Å². The summed E-state index contributed by atoms with van der Waals surface area (Å²) in [5.41, 5.74) is 0. The molecule has 0 aliphatic rings. The number of rotatable bonds is 6. The number of nitrogens with one attached hydrogen (secondary N) is 1. The van der Waals surface area contributed by atoms with E-state index in [0.29, 0.717) is 13.1 Å². The molecule has 0 bridgehead atoms. The van der Waals surface area contributed by atoms with E-state index in [1.165, 1.54) is 4.90 Å². The molecule has 2 amide bonds. The zero-order valence-electron chi connectivity index (χ0n) is 10.9. The van der Waals surface area contributed by atoms with E-state index in [0.717, 1.165) is 9.35 Å². The number of hydrogen-bond acceptors (Lipinski definition) is 3. The number of halogens is 1. The van der Waals surface area contributed by atoms with Crippen LogP contribution in [0.15, 0.2) is 15.9 Å². The normalized spacial score (nSPS) is 11.9. The standard InChI is InChI=1S/C12H17BrN2O3S/c1-3-15(8(2)6-11(16)17)12(18)14-7-10-9(13)4-5-19-10/h4-5,8H,3,6-7H2,1-2H3,(H,14,18)(H,16,17). The fourth-order valence-corrected chi connectivity index (χ4v) is 3.16. The SMILES string of the molecule is CCN(C(=O)NCc1sccc1Br)C(C)CC(=O)O. The average molecular weight is 349 g/mol. The lowest BCUT2D eigenvalue weighted by atomic mass is 10.2. The number of urea groups is 1. The van der Waals surface area contributed by atoms with E-state index in [9.17, 15) is 9.59 Å². The van der Waals surface area contributed by atoms with Crippen molar-refractivity contribution in [3.05, 3.63) is 20.8 Å². The molecule has 7 heteroatoms. The van der Waals surface area contributed by atoms with Crippen LogP contribution in [0.1, 0.15) is 25.1 Å². The molecule has 1 unspecified atom stereocenters. The maximum Gasteiger partial charge on any atom is 0.317 e. The molecule has 1 heterocycles. The summed E-state index contributed by atoms with van der Waals surface area (Å²) in [7, 11) is 0. The Kier molecular flexibility index (Phi) is 6.30. The van der Waals surface area contributed by atoms with Crippen LogP contribution in [0.2, 0.25) is 0 Å². The van der Waals surface area contributed by atoms with Gasteiger partial charge in [-0.1, -0.05) is 0 Å². The topological polar surface area (TPSA) is 69.6 Å². The van der Waals surface area contributed by atoms with E-state index in [2.05, 4.69) is 21.2 Å². The fraction of sp³-hybridized carbons (Fsp3) is 0.500. The first-order chi connectivity index (χ1) is 8.95. The first-order valence-corrected chi connectivity index (χ1v) is 7.61. The van der Waals surface area contributed by atoms with Gasteiger partial charge < -0.3 is 15.3 Å². The number of carboxylic acids is 1. The molecule has 106 valence electrons. The Morgan fingerprint density at radius 3 is 2.74 bits per heavy atom. The molecule has 0 aromatic carbocycles. The van der Waals surface area contributed by atoms with Gasteiger partial charge in [-0.15, -0.1) is 11.3 Å². The lowest BCUT2D eigenvalue weighted by molar-refractivity contribution is -0.138. The monoisotopic (exact) mass is 348 g/mol. The molecule has 0 spiro atoms. The second-order valence-corrected chi connectivity index (χ2v) is 5.94. The average Bonchev–Trinajstić information content (AvgIpc) is 2.72. The quantitative estimate of drug-likeness (QED) is 0.830. The van der Waals surface area contributed by atoms with E-state index in [1.807, 2.05) is 18.4 Å². The van der Waals surface area contributed by atoms with Crippen LogP contribution >= 0.6 is 27.3 Å². The van der Waals surface area contributed by atoms with Crippen molar-refractivity contribution in [2.75, 3.05) is 6.54 Å². The van der Waals surface area contributed by atoms with Gasteiger partial charge in [-0.25, -0.2) is 4.79 Å². The number of carbonyl (C=O) groups is 2. The molecular formula is C12H17BrN2O3S. The molecule has 1 aromatic rings. The van der Waals surface area contributed by atoms with Crippen LogP contribution in [-0.4, -0.2) is 34.6 Å². The summed E-state index contributed by atoms with van der Waals surface area (Å²) >= 11 is 4.96. The predicted molar refractivity (Wildman–Crippen MR) is 78.3 cm³/mol. The zero-order chi connectivity index (χ0) is 14.4. The van der Waals surface area contributed by atoms with Gasteiger partial charge >= 0.3 is 12.0 Å². The highest BCUT2D eigenvalue weighted by atomic mass is 79.9. The van der Waals surface area contributed by atoms with Crippen LogP contribution in [0.4, 0.5) is 4.79 Å². The minimum absolute atomic E-state index is 0.0516. The second kappa shape index (κ2) is 7.49. The molecule has 2 N–H and O–H groups in total. The molecule has 1 rings (SSSR count). The zero-order valence-corrected chi connectivity index (χ0v) is 13.3. The Bertz CT molecular complexity index is 450. The molecule has 0 saturated carbocycles. The number of carboxylic acid groups (broad SMARTS) is 1. The minimum atomic E-state index is -0.903. The number of carbonyl (C=O) groups excluding carboxylic acids is 1. The lowest BCUT2D eigenvalue weighted by Gasteiger charge is -2.27. The molecule has 0 aliphatic heterocycles. The van der Waals surface area contributed by atoms with E-state index >= 15 is 0 Å². The van der Waals surface area contributed by atoms with Crippen molar-refractivity contribution in [3.63, 3.8) is 0 Å². The maximum absolute atomic E-state index is 12.0. The summed E-state index contributed by atoms with van der Waals surface area (Å²) in [5, 5.41) is 13.5. The Morgan fingerprint density at radius 2 is 2.26 bits per heavy atom. The number of hydrogen-bond donors (Lipinski definition) is 2. The van der Waals surface area contributed by atoms with Crippen molar-refractivity contribution in [2.24, 2.45) is 0 Å². The van der Waals surface area contributed by atoms with Gasteiger partial charge in [0.1, 0.15) is 0 Å². The maximum atomic E-state index is 12.0. The number of thiophene rings is 1. The molecule has 5 nitrogen and oxygen atoms in total. The van der Waals surface area contributed by atoms with E-state index in [4.69, 9.17) is 5.11 Å². The molecular weight excluding hydrogens is 332 g/mol. The molecule has 1 atom stereocenters. The third-order valence-electron chi connectivity index (χ3n) is 2.69. The van der Waals surface area contributed by atoms with E-state index < -0.39 is 5.97 Å².